The van der Waals surface area contributed by atoms with Crippen LogP contribution < -0.4 is 10.2 Å². The normalized spacial score (nSPS) is 10.5. The number of nitriles is 1. The predicted octanol–water partition coefficient (Wildman–Crippen LogP) is 5.32. The van der Waals surface area contributed by atoms with Crippen LogP contribution in [0.15, 0.2) is 76.3 Å². The molecule has 0 atom stereocenters. The van der Waals surface area contributed by atoms with Gasteiger partial charge in [-0.3, -0.25) is 4.79 Å². The van der Waals surface area contributed by atoms with Crippen LogP contribution in [0.5, 0.6) is 5.75 Å². The number of hydrazone groups is 1. The summed E-state index contributed by atoms with van der Waals surface area (Å²) < 4.78 is 6.54. The Kier molecular flexibility index (Phi) is 7.01. The average Bonchev–Trinajstić information content (AvgIpc) is 2.73. The smallest absolute Gasteiger partial charge is 0.271 e. The molecule has 3 aromatic carbocycles. The highest BCUT2D eigenvalue weighted by Crippen LogP contribution is 2.26. The summed E-state index contributed by atoms with van der Waals surface area (Å²) in [6, 6.07) is 21.5. The van der Waals surface area contributed by atoms with Crippen LogP contribution in [0.25, 0.3) is 0 Å². The van der Waals surface area contributed by atoms with Crippen molar-refractivity contribution in [1.82, 2.24) is 5.43 Å². The van der Waals surface area contributed by atoms with Crippen LogP contribution in [-0.2, 0) is 6.61 Å². The minimum atomic E-state index is -0.348. The Bertz CT molecular complexity index is 1110. The number of hydrogen-bond acceptors (Lipinski definition) is 4. The number of carbonyl (C=O) groups is 1. The van der Waals surface area contributed by atoms with Gasteiger partial charge in [-0.15, -0.1) is 0 Å². The summed E-state index contributed by atoms with van der Waals surface area (Å²) in [7, 11) is 0. The summed E-state index contributed by atoms with van der Waals surface area (Å²) in [6.45, 7) is 0.283. The van der Waals surface area contributed by atoms with Crippen molar-refractivity contribution in [3.8, 4) is 11.8 Å². The van der Waals surface area contributed by atoms with Gasteiger partial charge in [0.25, 0.3) is 5.91 Å². The first-order chi connectivity index (χ1) is 14.1. The van der Waals surface area contributed by atoms with Crippen molar-refractivity contribution >= 4 is 39.7 Å². The minimum absolute atomic E-state index is 0.283. The van der Waals surface area contributed by atoms with Gasteiger partial charge in [0, 0.05) is 16.1 Å². The summed E-state index contributed by atoms with van der Waals surface area (Å²) >= 11 is 9.35. The molecule has 1 amide bonds. The summed E-state index contributed by atoms with van der Waals surface area (Å²) in [4.78, 5) is 12.0. The zero-order valence-electron chi connectivity index (χ0n) is 15.1. The zero-order valence-corrected chi connectivity index (χ0v) is 17.4. The van der Waals surface area contributed by atoms with Gasteiger partial charge in [-0.25, -0.2) is 5.43 Å². The number of amides is 1. The predicted molar refractivity (Wildman–Crippen MR) is 116 cm³/mol. The maximum absolute atomic E-state index is 12.0. The number of rotatable bonds is 6. The fourth-order valence-corrected chi connectivity index (χ4v) is 3.19. The highest BCUT2D eigenvalue weighted by molar-refractivity contribution is 9.10. The van der Waals surface area contributed by atoms with Gasteiger partial charge in [0.05, 0.1) is 22.3 Å². The first kappa shape index (κ1) is 20.6. The SMILES string of the molecule is N#Cc1ccccc1COc1ccc(/C=N/NC(=O)c2cccc(Cl)c2)cc1Br. The second-order valence-corrected chi connectivity index (χ2v) is 7.25. The molecule has 0 radical (unpaired) electrons. The molecule has 29 heavy (non-hydrogen) atoms. The number of carbonyl (C=O) groups excluding carboxylic acids is 1. The van der Waals surface area contributed by atoms with E-state index in [1.54, 1.807) is 36.4 Å². The second-order valence-electron chi connectivity index (χ2n) is 5.96. The summed E-state index contributed by atoms with van der Waals surface area (Å²) in [5.74, 6) is 0.289. The Morgan fingerprint density at radius 3 is 2.76 bits per heavy atom. The molecule has 1 N–H and O–H groups in total. The van der Waals surface area contributed by atoms with E-state index in [4.69, 9.17) is 21.6 Å². The van der Waals surface area contributed by atoms with Crippen LogP contribution in [-0.4, -0.2) is 12.1 Å². The van der Waals surface area contributed by atoms with E-state index in [0.29, 0.717) is 21.9 Å². The van der Waals surface area contributed by atoms with E-state index in [0.717, 1.165) is 15.6 Å². The fourth-order valence-electron chi connectivity index (χ4n) is 2.48. The van der Waals surface area contributed by atoms with Crippen molar-refractivity contribution < 1.29 is 9.53 Å². The van der Waals surface area contributed by atoms with E-state index in [9.17, 15) is 4.79 Å². The first-order valence-corrected chi connectivity index (χ1v) is 9.73. The number of nitrogens with zero attached hydrogens (tertiary/aromatic N) is 2. The average molecular weight is 469 g/mol. The molecule has 0 heterocycles. The van der Waals surface area contributed by atoms with Gasteiger partial charge in [0.15, 0.2) is 0 Å². The van der Waals surface area contributed by atoms with Crippen LogP contribution in [0, 0.1) is 11.3 Å². The van der Waals surface area contributed by atoms with Gasteiger partial charge in [0.2, 0.25) is 0 Å². The second kappa shape index (κ2) is 9.87. The van der Waals surface area contributed by atoms with Crippen LogP contribution in [0.2, 0.25) is 5.02 Å². The molecule has 0 aliphatic heterocycles. The van der Waals surface area contributed by atoms with E-state index >= 15 is 0 Å². The number of ether oxygens (including phenoxy) is 1. The Balaban J connectivity index is 1.61. The minimum Gasteiger partial charge on any atom is -0.488 e. The van der Waals surface area contributed by atoms with Crippen LogP contribution in [0.3, 0.4) is 0 Å². The van der Waals surface area contributed by atoms with Crippen LogP contribution >= 0.6 is 27.5 Å². The molecule has 0 saturated heterocycles. The molecule has 0 saturated carbocycles. The number of nitrogens with one attached hydrogen (secondary N) is 1. The maximum Gasteiger partial charge on any atom is 0.271 e. The molecular weight excluding hydrogens is 454 g/mol. The van der Waals surface area contributed by atoms with Gasteiger partial charge in [-0.1, -0.05) is 35.9 Å². The lowest BCUT2D eigenvalue weighted by molar-refractivity contribution is 0.0955. The quantitative estimate of drug-likeness (QED) is 0.393. The third-order valence-corrected chi connectivity index (χ3v) is 4.80. The monoisotopic (exact) mass is 467 g/mol. The van der Waals surface area contributed by atoms with E-state index in [2.05, 4.69) is 32.5 Å². The molecule has 5 nitrogen and oxygen atoms in total. The lowest BCUT2D eigenvalue weighted by Gasteiger charge is -2.10. The van der Waals surface area contributed by atoms with E-state index in [-0.39, 0.29) is 12.5 Å². The molecule has 0 aliphatic rings. The van der Waals surface area contributed by atoms with Gasteiger partial charge in [-0.05, 0) is 64.0 Å². The van der Waals surface area contributed by atoms with E-state index in [1.165, 1.54) is 6.21 Å². The highest BCUT2D eigenvalue weighted by Gasteiger charge is 2.06. The molecule has 0 unspecified atom stereocenters. The molecule has 0 spiro atoms. The molecule has 0 aliphatic carbocycles. The Morgan fingerprint density at radius 2 is 2.00 bits per heavy atom. The number of hydrogen-bond donors (Lipinski definition) is 1. The van der Waals surface area contributed by atoms with Crippen molar-refractivity contribution in [3.63, 3.8) is 0 Å². The topological polar surface area (TPSA) is 74.5 Å². The molecular formula is C22H15BrClN3O2. The lowest BCUT2D eigenvalue weighted by Crippen LogP contribution is -2.17. The first-order valence-electron chi connectivity index (χ1n) is 8.56. The summed E-state index contributed by atoms with van der Waals surface area (Å²) in [5.41, 5.74) is 5.06. The fraction of sp³-hybridized carbons (Fsp3) is 0.0455. The highest BCUT2D eigenvalue weighted by atomic mass is 79.9. The Labute approximate surface area is 181 Å². The Hall–Kier alpha value is -3.14. The van der Waals surface area contributed by atoms with Crippen molar-refractivity contribution in [3.05, 3.63) is 98.5 Å². The zero-order chi connectivity index (χ0) is 20.6. The number of benzene rings is 3. The van der Waals surface area contributed by atoms with Gasteiger partial charge in [0.1, 0.15) is 12.4 Å². The van der Waals surface area contributed by atoms with Crippen LogP contribution in [0.4, 0.5) is 0 Å². The van der Waals surface area contributed by atoms with Gasteiger partial charge >= 0.3 is 0 Å². The Morgan fingerprint density at radius 1 is 1.17 bits per heavy atom. The molecule has 144 valence electrons. The molecule has 7 heteroatoms. The summed E-state index contributed by atoms with van der Waals surface area (Å²) in [6.07, 6.45) is 1.53. The molecule has 3 aromatic rings. The van der Waals surface area contributed by atoms with Crippen molar-refractivity contribution in [1.29, 1.82) is 5.26 Å². The largest absolute Gasteiger partial charge is 0.488 e. The number of halogens is 2. The van der Waals surface area contributed by atoms with Crippen molar-refractivity contribution in [2.24, 2.45) is 5.10 Å². The van der Waals surface area contributed by atoms with Crippen LogP contribution in [0.1, 0.15) is 27.0 Å². The molecule has 3 rings (SSSR count). The van der Waals surface area contributed by atoms with E-state index < -0.39 is 0 Å². The van der Waals surface area contributed by atoms with Crippen molar-refractivity contribution in [2.45, 2.75) is 6.61 Å². The molecule has 0 aromatic heterocycles. The third kappa shape index (κ3) is 5.67. The summed E-state index contributed by atoms with van der Waals surface area (Å²) in [5, 5.41) is 13.6. The maximum atomic E-state index is 12.0. The molecule has 0 bridgehead atoms. The molecule has 0 fully saturated rings. The van der Waals surface area contributed by atoms with Gasteiger partial charge in [-0.2, -0.15) is 10.4 Å². The lowest BCUT2D eigenvalue weighted by atomic mass is 10.1. The van der Waals surface area contributed by atoms with Crippen molar-refractivity contribution in [2.75, 3.05) is 0 Å². The van der Waals surface area contributed by atoms with Gasteiger partial charge < -0.3 is 4.74 Å². The standard InChI is InChI=1S/C22H15BrClN3O2/c23-20-10-15(13-26-27-22(28)16-6-3-7-19(24)11-16)8-9-21(20)29-14-18-5-2-1-4-17(18)12-25/h1-11,13H,14H2,(H,27,28)/b26-13+. The third-order valence-electron chi connectivity index (χ3n) is 3.94. The van der Waals surface area contributed by atoms with E-state index in [1.807, 2.05) is 30.3 Å².